The third kappa shape index (κ3) is 5.14. The summed E-state index contributed by atoms with van der Waals surface area (Å²) in [6.45, 7) is 16.5. The van der Waals surface area contributed by atoms with E-state index in [1.54, 1.807) is 6.08 Å². The average Bonchev–Trinajstić information content (AvgIpc) is 3.50. The molecular weight excluding hydrogens is 574 g/mol. The molecule has 37 heavy (non-hydrogen) atoms. The highest BCUT2D eigenvalue weighted by Gasteiger charge is 2.52. The van der Waals surface area contributed by atoms with Gasteiger partial charge in [-0.2, -0.15) is 4.98 Å². The molecule has 2 aliphatic heterocycles. The number of hydrogen-bond acceptors (Lipinski definition) is 6. The molecule has 0 bridgehead atoms. The van der Waals surface area contributed by atoms with Gasteiger partial charge in [-0.05, 0) is 36.3 Å². The van der Waals surface area contributed by atoms with Gasteiger partial charge in [0.15, 0.2) is 20.1 Å². The normalized spacial score (nSPS) is 24.0. The molecule has 198 valence electrons. The van der Waals surface area contributed by atoms with Crippen LogP contribution in [0.25, 0.3) is 22.4 Å². The molecular formula is C27H33BrClN3O4Si. The first-order valence-corrected chi connectivity index (χ1v) is 16.6. The summed E-state index contributed by atoms with van der Waals surface area (Å²) in [6, 6.07) is 10.2. The van der Waals surface area contributed by atoms with Crippen LogP contribution in [0.2, 0.25) is 23.2 Å². The van der Waals surface area contributed by atoms with E-state index >= 15 is 0 Å². The SMILES string of the molecule is C=CCn1c(O[C@@H]2CO[C@@H]3[C@H]2OC[C@H]3O[Si](C)(C)C(C)(C)C)nc2nc(-c3ccc(Br)cc3)c(Cl)cc21. The van der Waals surface area contributed by atoms with Gasteiger partial charge >= 0.3 is 0 Å². The van der Waals surface area contributed by atoms with Crippen LogP contribution in [-0.2, 0) is 20.4 Å². The Morgan fingerprint density at radius 2 is 1.78 bits per heavy atom. The van der Waals surface area contributed by atoms with E-state index in [9.17, 15) is 0 Å². The average molecular weight is 607 g/mol. The standard InChI is InChI=1S/C27H33BrClN3O4Si/c1-7-12-32-19-13-18(29)22(16-8-10-17(28)11-9-16)30-25(19)31-26(32)35-20-14-33-24-21(15-34-23(20)24)36-37(5,6)27(2,3)4/h7-11,13,20-21,23-24H,1,12,14-15H2,2-6H3/t20-,21-,23+,24+/m1/s1. The molecule has 2 aliphatic rings. The Balaban J connectivity index is 1.40. The minimum absolute atomic E-state index is 0.0968. The lowest BCUT2D eigenvalue weighted by molar-refractivity contribution is 0.0105. The van der Waals surface area contributed by atoms with Crippen molar-refractivity contribution in [2.75, 3.05) is 13.2 Å². The molecule has 0 N–H and O–H groups in total. The maximum atomic E-state index is 6.67. The Morgan fingerprint density at radius 3 is 2.43 bits per heavy atom. The predicted octanol–water partition coefficient (Wildman–Crippen LogP) is 6.64. The van der Waals surface area contributed by atoms with E-state index in [0.29, 0.717) is 42.1 Å². The van der Waals surface area contributed by atoms with Crippen LogP contribution in [0.15, 0.2) is 47.5 Å². The number of hydrogen-bond donors (Lipinski definition) is 0. The van der Waals surface area contributed by atoms with Gasteiger partial charge in [-0.1, -0.05) is 66.5 Å². The number of halogens is 2. The van der Waals surface area contributed by atoms with Crippen LogP contribution in [-0.4, -0.2) is 60.5 Å². The van der Waals surface area contributed by atoms with Gasteiger partial charge in [0.1, 0.15) is 12.2 Å². The minimum Gasteiger partial charge on any atom is -0.456 e. The fourth-order valence-corrected chi connectivity index (χ4v) is 6.36. The number of allylic oxidation sites excluding steroid dienone is 1. The van der Waals surface area contributed by atoms with E-state index in [-0.39, 0.29) is 29.5 Å². The van der Waals surface area contributed by atoms with Gasteiger partial charge in [0.25, 0.3) is 6.01 Å². The molecule has 1 aromatic carbocycles. The number of fused-ring (bicyclic) bond motifs is 2. The van der Waals surface area contributed by atoms with E-state index in [0.717, 1.165) is 15.6 Å². The number of benzene rings is 1. The van der Waals surface area contributed by atoms with Crippen LogP contribution >= 0.6 is 27.5 Å². The number of aromatic nitrogens is 3. The summed E-state index contributed by atoms with van der Waals surface area (Å²) in [7, 11) is -1.96. The maximum Gasteiger partial charge on any atom is 0.299 e. The smallest absolute Gasteiger partial charge is 0.299 e. The molecule has 7 nitrogen and oxygen atoms in total. The maximum absolute atomic E-state index is 6.67. The number of pyridine rings is 1. The largest absolute Gasteiger partial charge is 0.456 e. The van der Waals surface area contributed by atoms with Crippen LogP contribution < -0.4 is 4.74 Å². The lowest BCUT2D eigenvalue weighted by Gasteiger charge is -2.39. The number of ether oxygens (including phenoxy) is 3. The molecule has 0 aliphatic carbocycles. The summed E-state index contributed by atoms with van der Waals surface area (Å²) in [4.78, 5) is 9.53. The second-order valence-electron chi connectivity index (χ2n) is 11.1. The van der Waals surface area contributed by atoms with Gasteiger partial charge in [-0.3, -0.25) is 4.57 Å². The summed E-state index contributed by atoms with van der Waals surface area (Å²) >= 11 is 10.1. The van der Waals surface area contributed by atoms with Gasteiger partial charge in [0.2, 0.25) is 0 Å². The zero-order valence-corrected chi connectivity index (χ0v) is 25.2. The molecule has 4 atom stereocenters. The lowest BCUT2D eigenvalue weighted by atomic mass is 10.1. The third-order valence-corrected chi connectivity index (χ3v) is 12.9. The fraction of sp³-hybridized carbons (Fsp3) is 0.481. The van der Waals surface area contributed by atoms with Crippen molar-refractivity contribution < 1.29 is 18.6 Å². The van der Waals surface area contributed by atoms with Crippen molar-refractivity contribution in [1.29, 1.82) is 0 Å². The van der Waals surface area contributed by atoms with Crippen molar-refractivity contribution in [2.45, 2.75) is 69.9 Å². The highest BCUT2D eigenvalue weighted by atomic mass is 79.9. The molecule has 0 saturated carbocycles. The highest BCUT2D eigenvalue weighted by molar-refractivity contribution is 9.10. The molecule has 2 aromatic heterocycles. The minimum atomic E-state index is -1.96. The topological polar surface area (TPSA) is 67.6 Å². The molecule has 10 heteroatoms. The zero-order chi connectivity index (χ0) is 26.5. The predicted molar refractivity (Wildman–Crippen MR) is 152 cm³/mol. The summed E-state index contributed by atoms with van der Waals surface area (Å²) in [5.41, 5.74) is 2.92. The summed E-state index contributed by atoms with van der Waals surface area (Å²) < 4.78 is 28.3. The summed E-state index contributed by atoms with van der Waals surface area (Å²) in [5, 5.41) is 0.652. The van der Waals surface area contributed by atoms with E-state index in [2.05, 4.69) is 56.4 Å². The first kappa shape index (κ1) is 26.8. The zero-order valence-electron chi connectivity index (χ0n) is 21.8. The molecule has 0 amide bonds. The highest BCUT2D eigenvalue weighted by Crippen LogP contribution is 2.41. The Morgan fingerprint density at radius 1 is 1.14 bits per heavy atom. The Kier molecular flexibility index (Phi) is 7.32. The Labute approximate surface area is 232 Å². The van der Waals surface area contributed by atoms with Gasteiger partial charge in [-0.15, -0.1) is 6.58 Å². The van der Waals surface area contributed by atoms with Crippen molar-refractivity contribution >= 4 is 47.0 Å². The first-order chi connectivity index (χ1) is 17.5. The third-order valence-electron chi connectivity index (χ3n) is 7.56. The molecule has 0 spiro atoms. The van der Waals surface area contributed by atoms with Crippen molar-refractivity contribution in [3.63, 3.8) is 0 Å². The van der Waals surface area contributed by atoms with Gasteiger partial charge in [0.05, 0.1) is 35.6 Å². The number of imidazole rings is 1. The van der Waals surface area contributed by atoms with E-state index in [1.165, 1.54) is 0 Å². The van der Waals surface area contributed by atoms with Gasteiger partial charge in [0, 0.05) is 16.6 Å². The molecule has 4 heterocycles. The van der Waals surface area contributed by atoms with E-state index < -0.39 is 8.32 Å². The molecule has 5 rings (SSSR count). The van der Waals surface area contributed by atoms with Crippen LogP contribution in [0.3, 0.4) is 0 Å². The molecule has 3 aromatic rings. The second kappa shape index (κ2) is 10.1. The Hall–Kier alpha value is -1.75. The van der Waals surface area contributed by atoms with Crippen molar-refractivity contribution in [2.24, 2.45) is 0 Å². The van der Waals surface area contributed by atoms with E-state index in [1.807, 2.05) is 34.9 Å². The summed E-state index contributed by atoms with van der Waals surface area (Å²) in [5.74, 6) is 0. The quantitative estimate of drug-likeness (QED) is 0.222. The van der Waals surface area contributed by atoms with Crippen LogP contribution in [0, 0.1) is 0 Å². The van der Waals surface area contributed by atoms with E-state index in [4.69, 9.17) is 40.2 Å². The van der Waals surface area contributed by atoms with Crippen LogP contribution in [0.1, 0.15) is 20.8 Å². The molecule has 2 fully saturated rings. The first-order valence-electron chi connectivity index (χ1n) is 12.5. The van der Waals surface area contributed by atoms with Gasteiger partial charge < -0.3 is 18.6 Å². The molecule has 0 unspecified atom stereocenters. The van der Waals surface area contributed by atoms with Crippen LogP contribution in [0.5, 0.6) is 6.01 Å². The number of rotatable bonds is 7. The molecule has 0 radical (unpaired) electrons. The summed E-state index contributed by atoms with van der Waals surface area (Å²) in [6.07, 6.45) is 1.02. The van der Waals surface area contributed by atoms with Crippen molar-refractivity contribution in [3.05, 3.63) is 52.5 Å². The second-order valence-corrected chi connectivity index (χ2v) is 17.2. The molecule has 2 saturated heterocycles. The number of nitrogens with zero attached hydrogens (tertiary/aromatic N) is 3. The monoisotopic (exact) mass is 605 g/mol. The van der Waals surface area contributed by atoms with Crippen molar-refractivity contribution in [1.82, 2.24) is 14.5 Å². The lowest BCUT2D eigenvalue weighted by Crippen LogP contribution is -2.47. The fourth-order valence-electron chi connectivity index (χ4n) is 4.53. The van der Waals surface area contributed by atoms with Crippen molar-refractivity contribution in [3.8, 4) is 17.3 Å². The van der Waals surface area contributed by atoms with Gasteiger partial charge in [-0.25, -0.2) is 4.98 Å². The van der Waals surface area contributed by atoms with Crippen LogP contribution in [0.4, 0.5) is 0 Å². The Bertz CT molecular complexity index is 1310.